The van der Waals surface area contributed by atoms with Gasteiger partial charge in [0.25, 0.3) is 0 Å². The Labute approximate surface area is 319 Å². The molecule has 3 N–H and O–H groups in total. The average Bonchev–Trinajstić information content (AvgIpc) is 3.02. The maximum atomic E-state index is 12.8. The van der Waals surface area contributed by atoms with Gasteiger partial charge < -0.3 is 15.3 Å². The van der Waals surface area contributed by atoms with E-state index in [1.165, 1.54) is 0 Å². The molecule has 3 aromatic carbocycles. The van der Waals surface area contributed by atoms with Crippen LogP contribution in [0.2, 0.25) is 0 Å². The SMILES string of the molecule is Cc1c(F)c(F)c(C)c(F)c1F.Cc1c(F)c(F)c(CO)c(F)c1F.I.II.I[I-]I.OCc1c(F)c(F)c(CO)c(F)c1F. The third-order valence-corrected chi connectivity index (χ3v) is 5.20. The second-order valence-corrected chi connectivity index (χ2v) is 23.9. The van der Waals surface area contributed by atoms with Crippen LogP contribution in [0, 0.1) is 90.6 Å². The van der Waals surface area contributed by atoms with Crippen LogP contribution in [0.15, 0.2) is 0 Å². The first-order chi connectivity index (χ1) is 20.4. The van der Waals surface area contributed by atoms with Gasteiger partial charge in [0.1, 0.15) is 0 Å². The van der Waals surface area contributed by atoms with Crippen molar-refractivity contribution in [1.82, 2.24) is 0 Å². The van der Waals surface area contributed by atoms with Crippen LogP contribution in [-0.2, 0) is 19.8 Å². The van der Waals surface area contributed by atoms with Gasteiger partial charge in [-0.1, -0.05) is 0 Å². The molecule has 0 radical (unpaired) electrons. The summed E-state index contributed by atoms with van der Waals surface area (Å²) in [7, 11) is 0. The summed E-state index contributed by atoms with van der Waals surface area (Å²) >= 11 is 9.54. The molecule has 260 valence electrons. The van der Waals surface area contributed by atoms with Crippen molar-refractivity contribution in [2.75, 3.05) is 0 Å². The van der Waals surface area contributed by atoms with E-state index in [4.69, 9.17) is 15.3 Å². The predicted molar refractivity (Wildman–Crippen MR) is 182 cm³/mol. The van der Waals surface area contributed by atoms with Crippen molar-refractivity contribution >= 4 is 98.4 Å². The van der Waals surface area contributed by atoms with Gasteiger partial charge in [-0.15, -0.1) is 24.0 Å². The number of hydrogen-bond donors (Lipinski definition) is 3. The van der Waals surface area contributed by atoms with E-state index in [9.17, 15) is 52.7 Å². The van der Waals surface area contributed by atoms with Gasteiger partial charge in [-0.25, -0.2) is 52.7 Å². The molecular formula is C24H19F12I6O3-. The van der Waals surface area contributed by atoms with Crippen molar-refractivity contribution in [3.8, 4) is 0 Å². The summed E-state index contributed by atoms with van der Waals surface area (Å²) in [5.74, 6) is -18.1. The van der Waals surface area contributed by atoms with E-state index in [2.05, 4.69) is 74.5 Å². The van der Waals surface area contributed by atoms with Crippen molar-refractivity contribution in [1.29, 1.82) is 0 Å². The Kier molecular flexibility index (Phi) is 28.1. The zero-order valence-electron chi connectivity index (χ0n) is 22.3. The van der Waals surface area contributed by atoms with Crippen LogP contribution in [0.25, 0.3) is 0 Å². The van der Waals surface area contributed by atoms with Crippen LogP contribution in [0.5, 0.6) is 0 Å². The molecule has 0 saturated heterocycles. The Balaban J connectivity index is -0.000000543. The topological polar surface area (TPSA) is 60.7 Å². The van der Waals surface area contributed by atoms with E-state index in [0.29, 0.717) is 13.3 Å². The van der Waals surface area contributed by atoms with E-state index in [1.54, 1.807) is 0 Å². The van der Waals surface area contributed by atoms with E-state index >= 15 is 0 Å². The normalized spacial score (nSPS) is 9.82. The number of aliphatic hydroxyl groups is 3. The van der Waals surface area contributed by atoms with Gasteiger partial charge in [-0.05, 0) is 20.8 Å². The summed E-state index contributed by atoms with van der Waals surface area (Å²) in [6.45, 7) is -0.509. The van der Waals surface area contributed by atoms with Crippen LogP contribution in [-0.4, -0.2) is 15.3 Å². The molecule has 3 nitrogen and oxygen atoms in total. The molecule has 0 heterocycles. The van der Waals surface area contributed by atoms with Crippen molar-refractivity contribution in [2.24, 2.45) is 0 Å². The maximum Gasteiger partial charge on any atom is 0.167 e. The van der Waals surface area contributed by atoms with Crippen molar-refractivity contribution < 1.29 is 81.3 Å². The zero-order valence-corrected chi connectivity index (χ0v) is 35.4. The van der Waals surface area contributed by atoms with E-state index in [0.717, 1.165) is 20.8 Å². The Bertz CT molecular complexity index is 1220. The number of halogens is 18. The summed E-state index contributed by atoms with van der Waals surface area (Å²) in [4.78, 5) is 0. The monoisotopic (exact) mass is 1340 g/mol. The molecule has 0 fully saturated rings. The third kappa shape index (κ3) is 13.4. The minimum Gasteiger partial charge on any atom is -0.391 e. The fourth-order valence-corrected chi connectivity index (χ4v) is 2.78. The summed E-state index contributed by atoms with van der Waals surface area (Å²) in [6, 6.07) is 0. The standard InChI is InChI=1S/C8H6F4O2.C8H6F4O.C8H6F4.I3.I2.HI/c9-5-3(1-13)6(10)8(12)4(2-14)7(5)11;1-3-5(9)7(11)4(2-13)8(12)6(3)10;1-3-5(9)7(11)4(2)8(12)6(3)10;1-3-2;1-2;/h13-14H,1-2H2;13H,2H2,1H3;1-2H3;;;1H/q;;;-1;;. The van der Waals surface area contributed by atoms with Crippen molar-refractivity contribution in [3.05, 3.63) is 103 Å². The Morgan fingerprint density at radius 3 is 0.644 bits per heavy atom. The molecule has 0 bridgehead atoms. The molecule has 0 atom stereocenters. The minimum absolute atomic E-state index is 0. The molecule has 0 spiro atoms. The molecule has 3 rings (SSSR count). The summed E-state index contributed by atoms with van der Waals surface area (Å²) in [5.41, 5.74) is -5.14. The molecule has 0 aromatic heterocycles. The molecule has 0 aliphatic carbocycles. The maximum absolute atomic E-state index is 12.8. The molecule has 21 heteroatoms. The van der Waals surface area contributed by atoms with E-state index < -0.39 is 123 Å². The van der Waals surface area contributed by atoms with E-state index in [1.807, 2.05) is 0 Å². The quantitative estimate of drug-likeness (QED) is 0.147. The smallest absolute Gasteiger partial charge is 0.167 e. The second kappa shape index (κ2) is 25.1. The van der Waals surface area contributed by atoms with Gasteiger partial charge in [-0.3, -0.25) is 0 Å². The minimum atomic E-state index is -1.68. The third-order valence-electron chi connectivity index (χ3n) is 5.20. The fraction of sp³-hybridized carbons (Fsp3) is 0.250. The van der Waals surface area contributed by atoms with Crippen LogP contribution in [0.4, 0.5) is 52.7 Å². The van der Waals surface area contributed by atoms with Crippen LogP contribution < -0.4 is 13.3 Å². The van der Waals surface area contributed by atoms with Crippen LogP contribution >= 0.6 is 98.4 Å². The second-order valence-electron chi connectivity index (χ2n) is 7.61. The summed E-state index contributed by atoms with van der Waals surface area (Å²) in [5, 5.41) is 25.3. The predicted octanol–water partition coefficient (Wildman–Crippen LogP) is 7.30. The van der Waals surface area contributed by atoms with Gasteiger partial charge in [0.2, 0.25) is 0 Å². The first kappa shape index (κ1) is 50.5. The van der Waals surface area contributed by atoms with E-state index in [-0.39, 0.29) is 24.0 Å². The largest absolute Gasteiger partial charge is 0.391 e. The van der Waals surface area contributed by atoms with Gasteiger partial charge in [0.05, 0.1) is 36.5 Å². The molecule has 0 aliphatic rings. The summed E-state index contributed by atoms with van der Waals surface area (Å²) in [6.07, 6.45) is 0. The number of benzene rings is 3. The molecule has 0 aliphatic heterocycles. The molecule has 0 amide bonds. The Hall–Kier alpha value is 1.08. The van der Waals surface area contributed by atoms with Crippen molar-refractivity contribution in [3.63, 3.8) is 0 Å². The summed E-state index contributed by atoms with van der Waals surface area (Å²) < 4.78 is 153. The first-order valence-corrected chi connectivity index (χ1v) is 29.6. The van der Waals surface area contributed by atoms with Gasteiger partial charge in [-0.2, -0.15) is 0 Å². The Morgan fingerprint density at radius 2 is 0.511 bits per heavy atom. The van der Waals surface area contributed by atoms with Crippen LogP contribution in [0.3, 0.4) is 0 Å². The van der Waals surface area contributed by atoms with Crippen LogP contribution in [0.1, 0.15) is 33.4 Å². The Morgan fingerprint density at radius 1 is 0.400 bits per heavy atom. The van der Waals surface area contributed by atoms with Gasteiger partial charge >= 0.3 is 50.5 Å². The molecule has 45 heavy (non-hydrogen) atoms. The molecule has 0 unspecified atom stereocenters. The molecular weight excluding hydrogens is 1330 g/mol. The zero-order chi connectivity index (χ0) is 35.2. The fourth-order valence-electron chi connectivity index (χ4n) is 2.78. The van der Waals surface area contributed by atoms with Crippen molar-refractivity contribution in [2.45, 2.75) is 40.6 Å². The average molecular weight is 1340 g/mol. The number of rotatable bonds is 3. The number of hydrogen-bond acceptors (Lipinski definition) is 3. The molecule has 0 saturated carbocycles. The molecule has 3 aromatic rings. The van der Waals surface area contributed by atoms with Gasteiger partial charge in [0.15, 0.2) is 69.8 Å². The van der Waals surface area contributed by atoms with Gasteiger partial charge in [0, 0.05) is 53.9 Å². The number of aliphatic hydroxyl groups excluding tert-OH is 3. The first-order valence-electron chi connectivity index (χ1n) is 10.7.